The SMILES string of the molecule is CC#CC[C@H](NC(=O)[C@@H](CC(=O)N(C)CCN1CCOCC1)Cc1ccccc1)C(=O)N[C@@H](CC1CCCCC1)C(O)[C@@H](O)CC(C)C. The Kier molecular flexibility index (Phi) is 17.4. The molecule has 10 heteroatoms. The summed E-state index contributed by atoms with van der Waals surface area (Å²) in [7, 11) is 1.76. The molecule has 4 N–H and O–H groups in total. The molecule has 3 amide bonds. The second kappa shape index (κ2) is 21.2. The maximum absolute atomic E-state index is 13.9. The van der Waals surface area contributed by atoms with Crippen LogP contribution in [0.15, 0.2) is 30.3 Å². The van der Waals surface area contributed by atoms with Crippen molar-refractivity contribution in [1.82, 2.24) is 20.4 Å². The minimum Gasteiger partial charge on any atom is -0.390 e. The number of rotatable bonds is 18. The van der Waals surface area contributed by atoms with Gasteiger partial charge in [-0.1, -0.05) is 76.3 Å². The zero-order valence-corrected chi connectivity index (χ0v) is 29.7. The summed E-state index contributed by atoms with van der Waals surface area (Å²) < 4.78 is 5.43. The molecule has 1 heterocycles. The first-order valence-electron chi connectivity index (χ1n) is 18.0. The highest BCUT2D eigenvalue weighted by Gasteiger charge is 2.34. The minimum atomic E-state index is -1.14. The van der Waals surface area contributed by atoms with Gasteiger partial charge in [0.25, 0.3) is 0 Å². The Morgan fingerprint density at radius 2 is 1.71 bits per heavy atom. The number of carbonyl (C=O) groups excluding carboxylic acids is 3. The van der Waals surface area contributed by atoms with Crippen LogP contribution >= 0.6 is 0 Å². The fraction of sp³-hybridized carbons (Fsp3) is 0.711. The standard InChI is InChI=1S/C38H60N4O6/c1-5-6-17-32(38(47)40-33(26-30-15-11-8-12-16-30)36(45)34(43)24-28(2)3)39-37(46)31(25-29-13-9-7-10-14-29)27-35(44)41(4)18-19-42-20-22-48-23-21-42/h7,9-10,13-14,28,30-34,36,43,45H,8,11-12,15-27H2,1-4H3,(H,39,46)(H,40,47)/t31-,32+,33+,34+,36?/m1/s1. The van der Waals surface area contributed by atoms with E-state index in [1.54, 1.807) is 18.9 Å². The van der Waals surface area contributed by atoms with Crippen molar-refractivity contribution < 1.29 is 29.3 Å². The van der Waals surface area contributed by atoms with Crippen LogP contribution in [0.2, 0.25) is 0 Å². The number of likely N-dealkylation sites (N-methyl/N-ethyl adjacent to an activating group) is 1. The van der Waals surface area contributed by atoms with E-state index in [4.69, 9.17) is 4.74 Å². The monoisotopic (exact) mass is 668 g/mol. The summed E-state index contributed by atoms with van der Waals surface area (Å²) >= 11 is 0. The Morgan fingerprint density at radius 3 is 2.35 bits per heavy atom. The molecule has 2 aliphatic rings. The van der Waals surface area contributed by atoms with Crippen LogP contribution in [-0.4, -0.2) is 108 Å². The molecule has 1 aromatic carbocycles. The van der Waals surface area contributed by atoms with Gasteiger partial charge in [0.1, 0.15) is 12.1 Å². The molecular weight excluding hydrogens is 608 g/mol. The van der Waals surface area contributed by atoms with Gasteiger partial charge in [0.15, 0.2) is 0 Å². The first kappa shape index (κ1) is 39.5. The maximum Gasteiger partial charge on any atom is 0.243 e. The number of benzene rings is 1. The summed E-state index contributed by atoms with van der Waals surface area (Å²) in [5.74, 6) is 4.60. The summed E-state index contributed by atoms with van der Waals surface area (Å²) in [6.45, 7) is 9.97. The van der Waals surface area contributed by atoms with Gasteiger partial charge >= 0.3 is 0 Å². The Bertz CT molecular complexity index is 1170. The Balaban J connectivity index is 1.74. The molecule has 0 bridgehead atoms. The van der Waals surface area contributed by atoms with Crippen molar-refractivity contribution in [2.75, 3.05) is 46.4 Å². The Labute approximate surface area is 288 Å². The lowest BCUT2D eigenvalue weighted by molar-refractivity contribution is -0.137. The average Bonchev–Trinajstić information content (AvgIpc) is 3.08. The molecule has 1 aromatic rings. The Morgan fingerprint density at radius 1 is 1.02 bits per heavy atom. The van der Waals surface area contributed by atoms with Crippen molar-refractivity contribution in [3.05, 3.63) is 35.9 Å². The molecule has 0 radical (unpaired) electrons. The van der Waals surface area contributed by atoms with Crippen LogP contribution in [0.3, 0.4) is 0 Å². The molecule has 10 nitrogen and oxygen atoms in total. The number of carbonyl (C=O) groups is 3. The third-order valence-electron chi connectivity index (χ3n) is 9.67. The third kappa shape index (κ3) is 13.9. The molecular formula is C38H60N4O6. The number of amides is 3. The van der Waals surface area contributed by atoms with E-state index in [2.05, 4.69) is 27.4 Å². The van der Waals surface area contributed by atoms with Crippen LogP contribution in [0, 0.1) is 29.6 Å². The second-order valence-electron chi connectivity index (χ2n) is 14.1. The molecule has 1 unspecified atom stereocenters. The predicted molar refractivity (Wildman–Crippen MR) is 188 cm³/mol. The van der Waals surface area contributed by atoms with Crippen LogP contribution < -0.4 is 10.6 Å². The summed E-state index contributed by atoms with van der Waals surface area (Å²) in [6, 6.07) is 7.92. The molecule has 2 fully saturated rings. The van der Waals surface area contributed by atoms with Gasteiger partial charge in [-0.15, -0.1) is 11.8 Å². The van der Waals surface area contributed by atoms with Gasteiger partial charge in [0, 0.05) is 46.1 Å². The lowest BCUT2D eigenvalue weighted by atomic mass is 9.82. The molecule has 48 heavy (non-hydrogen) atoms. The zero-order chi connectivity index (χ0) is 34.9. The van der Waals surface area contributed by atoms with Gasteiger partial charge in [-0.05, 0) is 43.6 Å². The van der Waals surface area contributed by atoms with Crippen LogP contribution in [0.5, 0.6) is 0 Å². The van der Waals surface area contributed by atoms with Gasteiger partial charge in [-0.3, -0.25) is 19.3 Å². The number of nitrogens with one attached hydrogen (secondary N) is 2. The highest BCUT2D eigenvalue weighted by atomic mass is 16.5. The van der Waals surface area contributed by atoms with Crippen LogP contribution in [0.1, 0.15) is 84.1 Å². The van der Waals surface area contributed by atoms with Crippen LogP contribution in [0.25, 0.3) is 0 Å². The highest BCUT2D eigenvalue weighted by Crippen LogP contribution is 2.29. The van der Waals surface area contributed by atoms with Gasteiger partial charge in [0.2, 0.25) is 17.7 Å². The van der Waals surface area contributed by atoms with Crippen LogP contribution in [-0.2, 0) is 25.5 Å². The number of hydrogen-bond donors (Lipinski definition) is 4. The maximum atomic E-state index is 13.9. The van der Waals surface area contributed by atoms with Gasteiger partial charge in [0.05, 0.1) is 31.3 Å². The molecule has 1 saturated carbocycles. The molecule has 1 saturated heterocycles. The van der Waals surface area contributed by atoms with Crippen molar-refractivity contribution in [3.63, 3.8) is 0 Å². The normalized spacial score (nSPS) is 18.9. The molecule has 268 valence electrons. The predicted octanol–water partition coefficient (Wildman–Crippen LogP) is 3.15. The van der Waals surface area contributed by atoms with Crippen molar-refractivity contribution in [2.45, 2.75) is 109 Å². The van der Waals surface area contributed by atoms with E-state index in [0.29, 0.717) is 44.9 Å². The van der Waals surface area contributed by atoms with Crippen molar-refractivity contribution in [1.29, 1.82) is 0 Å². The second-order valence-corrected chi connectivity index (χ2v) is 14.1. The highest BCUT2D eigenvalue weighted by molar-refractivity contribution is 5.91. The van der Waals surface area contributed by atoms with E-state index < -0.39 is 42.0 Å². The number of morpholine rings is 1. The average molecular weight is 669 g/mol. The smallest absolute Gasteiger partial charge is 0.243 e. The van der Waals surface area contributed by atoms with E-state index in [0.717, 1.165) is 50.9 Å². The molecule has 0 aromatic heterocycles. The van der Waals surface area contributed by atoms with E-state index in [9.17, 15) is 24.6 Å². The van der Waals surface area contributed by atoms with Crippen molar-refractivity contribution in [3.8, 4) is 11.8 Å². The minimum absolute atomic E-state index is 0.00144. The van der Waals surface area contributed by atoms with E-state index in [1.165, 1.54) is 6.42 Å². The first-order valence-corrected chi connectivity index (χ1v) is 18.0. The third-order valence-corrected chi connectivity index (χ3v) is 9.67. The van der Waals surface area contributed by atoms with Crippen molar-refractivity contribution in [2.24, 2.45) is 17.8 Å². The van der Waals surface area contributed by atoms with Gasteiger partial charge in [-0.2, -0.15) is 0 Å². The number of nitrogens with zero attached hydrogens (tertiary/aromatic N) is 2. The van der Waals surface area contributed by atoms with E-state index in [-0.39, 0.29) is 24.7 Å². The van der Waals surface area contributed by atoms with Gasteiger partial charge in [-0.25, -0.2) is 0 Å². The van der Waals surface area contributed by atoms with Gasteiger partial charge < -0.3 is 30.5 Å². The Hall–Kier alpha value is -2.97. The van der Waals surface area contributed by atoms with Crippen molar-refractivity contribution >= 4 is 17.7 Å². The molecule has 3 rings (SSSR count). The molecule has 5 atom stereocenters. The fourth-order valence-corrected chi connectivity index (χ4v) is 6.71. The first-order chi connectivity index (χ1) is 23.1. The fourth-order valence-electron chi connectivity index (χ4n) is 6.71. The summed E-state index contributed by atoms with van der Waals surface area (Å²) in [6.07, 6.45) is 4.74. The van der Waals surface area contributed by atoms with Crippen LogP contribution in [0.4, 0.5) is 0 Å². The quantitative estimate of drug-likeness (QED) is 0.177. The molecule has 0 spiro atoms. The molecule has 1 aliphatic heterocycles. The largest absolute Gasteiger partial charge is 0.390 e. The lowest BCUT2D eigenvalue weighted by Crippen LogP contribution is -2.56. The number of aliphatic hydroxyl groups excluding tert-OH is 2. The van der Waals surface area contributed by atoms with E-state index in [1.807, 2.05) is 44.2 Å². The number of ether oxygens (including phenoxy) is 1. The lowest BCUT2D eigenvalue weighted by Gasteiger charge is -2.33. The topological polar surface area (TPSA) is 131 Å². The summed E-state index contributed by atoms with van der Waals surface area (Å²) in [5.41, 5.74) is 0.922. The summed E-state index contributed by atoms with van der Waals surface area (Å²) in [5, 5.41) is 28.0. The zero-order valence-electron chi connectivity index (χ0n) is 29.7. The molecule has 1 aliphatic carbocycles. The number of aliphatic hydroxyl groups is 2. The number of hydrogen-bond acceptors (Lipinski definition) is 7. The van der Waals surface area contributed by atoms with E-state index >= 15 is 0 Å². The summed E-state index contributed by atoms with van der Waals surface area (Å²) in [4.78, 5) is 45.1.